The van der Waals surface area contributed by atoms with E-state index in [0.29, 0.717) is 5.15 Å². The predicted molar refractivity (Wildman–Crippen MR) is 89.7 cm³/mol. The second-order valence-corrected chi connectivity index (χ2v) is 7.84. The Morgan fingerprint density at radius 3 is 2.43 bits per heavy atom. The first kappa shape index (κ1) is 15.6. The number of piperidine rings is 2. The van der Waals surface area contributed by atoms with Crippen molar-refractivity contribution < 1.29 is 0 Å². The molecule has 116 valence electrons. The van der Waals surface area contributed by atoms with Crippen molar-refractivity contribution in [1.29, 1.82) is 0 Å². The summed E-state index contributed by atoms with van der Waals surface area (Å²) in [5.41, 5.74) is 0. The van der Waals surface area contributed by atoms with Gasteiger partial charge in [-0.1, -0.05) is 18.5 Å². The molecule has 3 rings (SSSR count). The quantitative estimate of drug-likeness (QED) is 0.619. The lowest BCUT2D eigenvalue weighted by Gasteiger charge is -2.41. The SMILES string of the molecule is CC1CCN(C2CCN(Sc3ccc(Cl)nc3)CC2)CC1. The molecule has 0 bridgehead atoms. The molecule has 0 amide bonds. The van der Waals surface area contributed by atoms with Gasteiger partial charge in [-0.2, -0.15) is 0 Å². The van der Waals surface area contributed by atoms with Crippen LogP contribution in [0.4, 0.5) is 0 Å². The number of halogens is 1. The summed E-state index contributed by atoms with van der Waals surface area (Å²) in [4.78, 5) is 8.06. The minimum absolute atomic E-state index is 0.567. The topological polar surface area (TPSA) is 19.4 Å². The molecule has 0 aromatic carbocycles. The molecule has 1 aromatic heterocycles. The van der Waals surface area contributed by atoms with Gasteiger partial charge < -0.3 is 4.90 Å². The normalized spacial score (nSPS) is 23.5. The van der Waals surface area contributed by atoms with Crippen LogP contribution in [-0.2, 0) is 0 Å². The fourth-order valence-electron chi connectivity index (χ4n) is 3.26. The van der Waals surface area contributed by atoms with Crippen LogP contribution in [-0.4, -0.2) is 46.4 Å². The third-order valence-electron chi connectivity index (χ3n) is 4.69. The fourth-order valence-corrected chi connectivity index (χ4v) is 4.29. The zero-order valence-corrected chi connectivity index (χ0v) is 14.2. The third-order valence-corrected chi connectivity index (χ3v) is 5.99. The Kier molecular flexibility index (Phi) is 5.43. The zero-order valence-electron chi connectivity index (χ0n) is 12.7. The van der Waals surface area contributed by atoms with Crippen LogP contribution in [0, 0.1) is 5.92 Å². The molecule has 0 unspecified atom stereocenters. The van der Waals surface area contributed by atoms with Crippen LogP contribution in [0.3, 0.4) is 0 Å². The number of pyridine rings is 1. The molecular weight excluding hydrogens is 302 g/mol. The van der Waals surface area contributed by atoms with Gasteiger partial charge in [-0.15, -0.1) is 0 Å². The van der Waals surface area contributed by atoms with Crippen molar-refractivity contribution in [2.75, 3.05) is 26.2 Å². The highest BCUT2D eigenvalue weighted by Gasteiger charge is 2.27. The van der Waals surface area contributed by atoms with E-state index in [9.17, 15) is 0 Å². The van der Waals surface area contributed by atoms with E-state index < -0.39 is 0 Å². The van der Waals surface area contributed by atoms with Crippen LogP contribution in [0.1, 0.15) is 32.6 Å². The van der Waals surface area contributed by atoms with Gasteiger partial charge in [0.25, 0.3) is 0 Å². The maximum absolute atomic E-state index is 5.83. The van der Waals surface area contributed by atoms with Gasteiger partial charge in [0.1, 0.15) is 5.15 Å². The zero-order chi connectivity index (χ0) is 14.7. The highest BCUT2D eigenvalue weighted by molar-refractivity contribution is 7.97. The third kappa shape index (κ3) is 4.35. The van der Waals surface area contributed by atoms with Crippen molar-refractivity contribution in [3.05, 3.63) is 23.5 Å². The molecular formula is C16H24ClN3S. The lowest BCUT2D eigenvalue weighted by molar-refractivity contribution is 0.103. The van der Waals surface area contributed by atoms with E-state index in [1.807, 2.05) is 24.2 Å². The molecule has 0 spiro atoms. The standard InChI is InChI=1S/C16H24ClN3S/c1-13-4-8-19(9-5-13)14-6-10-20(11-7-14)21-15-2-3-16(17)18-12-15/h2-3,12-14H,4-11H2,1H3. The molecule has 0 atom stereocenters. The van der Waals surface area contributed by atoms with Gasteiger partial charge >= 0.3 is 0 Å². The average Bonchev–Trinajstić information content (AvgIpc) is 2.51. The van der Waals surface area contributed by atoms with Crippen LogP contribution >= 0.6 is 23.5 Å². The second kappa shape index (κ2) is 7.32. The molecule has 2 saturated heterocycles. The summed E-state index contributed by atoms with van der Waals surface area (Å²) in [6, 6.07) is 4.72. The Balaban J connectivity index is 1.45. The Bertz CT molecular complexity index is 437. The largest absolute Gasteiger partial charge is 0.300 e. The molecule has 2 aliphatic rings. The summed E-state index contributed by atoms with van der Waals surface area (Å²) in [5, 5.41) is 0.567. The van der Waals surface area contributed by atoms with Crippen molar-refractivity contribution in [2.24, 2.45) is 5.92 Å². The minimum Gasteiger partial charge on any atom is -0.300 e. The van der Waals surface area contributed by atoms with Gasteiger partial charge in [-0.05, 0) is 68.8 Å². The van der Waals surface area contributed by atoms with E-state index in [-0.39, 0.29) is 0 Å². The molecule has 21 heavy (non-hydrogen) atoms. The Morgan fingerprint density at radius 2 is 1.81 bits per heavy atom. The van der Waals surface area contributed by atoms with Crippen molar-refractivity contribution >= 4 is 23.5 Å². The maximum atomic E-state index is 5.83. The molecule has 0 saturated carbocycles. The van der Waals surface area contributed by atoms with Crippen LogP contribution in [0.15, 0.2) is 23.2 Å². The lowest BCUT2D eigenvalue weighted by atomic mass is 9.95. The van der Waals surface area contributed by atoms with E-state index >= 15 is 0 Å². The molecule has 5 heteroatoms. The van der Waals surface area contributed by atoms with Gasteiger partial charge in [0.05, 0.1) is 0 Å². The van der Waals surface area contributed by atoms with Gasteiger partial charge in [0, 0.05) is 30.2 Å². The van der Waals surface area contributed by atoms with Gasteiger partial charge in [-0.25, -0.2) is 9.29 Å². The number of hydrogen-bond donors (Lipinski definition) is 0. The van der Waals surface area contributed by atoms with Gasteiger partial charge in [-0.3, -0.25) is 0 Å². The van der Waals surface area contributed by atoms with E-state index in [2.05, 4.69) is 27.2 Å². The Hall–Kier alpha value is -0.290. The maximum Gasteiger partial charge on any atom is 0.129 e. The van der Waals surface area contributed by atoms with E-state index in [1.54, 1.807) is 0 Å². The van der Waals surface area contributed by atoms with E-state index in [1.165, 1.54) is 56.8 Å². The molecule has 0 radical (unpaired) electrons. The number of aromatic nitrogens is 1. The first-order chi connectivity index (χ1) is 10.2. The number of nitrogens with zero attached hydrogens (tertiary/aromatic N) is 3. The van der Waals surface area contributed by atoms with E-state index in [0.717, 1.165) is 12.0 Å². The van der Waals surface area contributed by atoms with Crippen molar-refractivity contribution in [3.8, 4) is 0 Å². The first-order valence-corrected chi connectivity index (χ1v) is 9.14. The smallest absolute Gasteiger partial charge is 0.129 e. The van der Waals surface area contributed by atoms with Crippen LogP contribution in [0.5, 0.6) is 0 Å². The van der Waals surface area contributed by atoms with Crippen LogP contribution < -0.4 is 0 Å². The van der Waals surface area contributed by atoms with Crippen LogP contribution in [0.25, 0.3) is 0 Å². The highest BCUT2D eigenvalue weighted by atomic mass is 35.5. The lowest BCUT2D eigenvalue weighted by Crippen LogP contribution is -2.46. The minimum atomic E-state index is 0.567. The Labute approximate surface area is 137 Å². The second-order valence-electron chi connectivity index (χ2n) is 6.29. The first-order valence-electron chi connectivity index (χ1n) is 7.99. The Morgan fingerprint density at radius 1 is 1.10 bits per heavy atom. The predicted octanol–water partition coefficient (Wildman–Crippen LogP) is 3.94. The van der Waals surface area contributed by atoms with Gasteiger partial charge in [0.15, 0.2) is 0 Å². The number of likely N-dealkylation sites (tertiary alicyclic amines) is 1. The summed E-state index contributed by atoms with van der Waals surface area (Å²) < 4.78 is 2.47. The van der Waals surface area contributed by atoms with Crippen molar-refractivity contribution in [1.82, 2.24) is 14.2 Å². The van der Waals surface area contributed by atoms with Gasteiger partial charge in [0.2, 0.25) is 0 Å². The monoisotopic (exact) mass is 325 g/mol. The highest BCUT2D eigenvalue weighted by Crippen LogP contribution is 2.29. The summed E-state index contributed by atoms with van der Waals surface area (Å²) in [6.07, 6.45) is 7.22. The molecule has 2 aliphatic heterocycles. The summed E-state index contributed by atoms with van der Waals surface area (Å²) in [6.45, 7) is 7.34. The molecule has 3 nitrogen and oxygen atoms in total. The summed E-state index contributed by atoms with van der Waals surface area (Å²) in [7, 11) is 0. The average molecular weight is 326 g/mol. The molecule has 2 fully saturated rings. The van der Waals surface area contributed by atoms with Crippen molar-refractivity contribution in [2.45, 2.75) is 43.5 Å². The van der Waals surface area contributed by atoms with E-state index in [4.69, 9.17) is 11.6 Å². The molecule has 0 N–H and O–H groups in total. The van der Waals surface area contributed by atoms with Crippen LogP contribution in [0.2, 0.25) is 5.15 Å². The molecule has 3 heterocycles. The molecule has 1 aromatic rings. The fraction of sp³-hybridized carbons (Fsp3) is 0.688. The summed E-state index contributed by atoms with van der Waals surface area (Å²) >= 11 is 7.65. The summed E-state index contributed by atoms with van der Waals surface area (Å²) in [5.74, 6) is 0.925. The number of hydrogen-bond acceptors (Lipinski definition) is 4. The van der Waals surface area contributed by atoms with Crippen molar-refractivity contribution in [3.63, 3.8) is 0 Å². The number of rotatable bonds is 3. The molecule has 0 aliphatic carbocycles.